The summed E-state index contributed by atoms with van der Waals surface area (Å²) in [5, 5.41) is 3.05. The summed E-state index contributed by atoms with van der Waals surface area (Å²) < 4.78 is 0. The van der Waals surface area contributed by atoms with Crippen molar-refractivity contribution >= 4 is 12.0 Å². The van der Waals surface area contributed by atoms with E-state index in [1.165, 1.54) is 11.3 Å². The first kappa shape index (κ1) is 11.7. The zero-order valence-electron chi connectivity index (χ0n) is 8.50. The van der Waals surface area contributed by atoms with Crippen LogP contribution >= 0.6 is 0 Å². The molecule has 0 saturated heterocycles. The van der Waals surface area contributed by atoms with Crippen molar-refractivity contribution in [2.45, 2.75) is 20.3 Å². The van der Waals surface area contributed by atoms with Gasteiger partial charge in [-0.3, -0.25) is 0 Å². The summed E-state index contributed by atoms with van der Waals surface area (Å²) in [7, 11) is 1.92. The van der Waals surface area contributed by atoms with Crippen LogP contribution in [0.25, 0.3) is 0 Å². The molecular formula is C11H17NO. The van der Waals surface area contributed by atoms with Gasteiger partial charge < -0.3 is 10.1 Å². The zero-order valence-corrected chi connectivity index (χ0v) is 8.50. The summed E-state index contributed by atoms with van der Waals surface area (Å²) in [4.78, 5) is 9.17. The van der Waals surface area contributed by atoms with Gasteiger partial charge in [0.05, 0.1) is 0 Å². The zero-order chi connectivity index (χ0) is 10.1. The predicted octanol–water partition coefficient (Wildman–Crippen LogP) is 2.63. The predicted molar refractivity (Wildman–Crippen MR) is 57.1 cm³/mol. The van der Waals surface area contributed by atoms with Gasteiger partial charge in [0.15, 0.2) is 0 Å². The summed E-state index contributed by atoms with van der Waals surface area (Å²) >= 11 is 0. The average Bonchev–Trinajstić information content (AvgIpc) is 2.19. The van der Waals surface area contributed by atoms with Crippen molar-refractivity contribution in [3.63, 3.8) is 0 Å². The number of hydrogen-bond acceptors (Lipinski definition) is 2. The Hall–Kier alpha value is -1.31. The molecule has 0 aliphatic carbocycles. The van der Waals surface area contributed by atoms with Crippen molar-refractivity contribution in [1.82, 2.24) is 0 Å². The minimum atomic E-state index is 0.639. The normalized spacial score (nSPS) is 8.23. The Labute approximate surface area is 80.0 Å². The van der Waals surface area contributed by atoms with Gasteiger partial charge in [0.25, 0.3) is 0 Å². The fourth-order valence-electron chi connectivity index (χ4n) is 0.720. The van der Waals surface area contributed by atoms with Crippen LogP contribution in [0.1, 0.15) is 18.9 Å². The van der Waals surface area contributed by atoms with Crippen LogP contribution in [-0.2, 0) is 4.79 Å². The molecular weight excluding hydrogens is 162 g/mol. The third kappa shape index (κ3) is 5.91. The number of benzene rings is 1. The van der Waals surface area contributed by atoms with Gasteiger partial charge in [-0.25, -0.2) is 0 Å². The summed E-state index contributed by atoms with van der Waals surface area (Å²) in [5.74, 6) is 0. The third-order valence-electron chi connectivity index (χ3n) is 1.51. The number of carbonyl (C=O) groups is 1. The van der Waals surface area contributed by atoms with Crippen molar-refractivity contribution in [3.05, 3.63) is 29.8 Å². The highest BCUT2D eigenvalue weighted by Gasteiger charge is 1.83. The Morgan fingerprint density at radius 1 is 1.31 bits per heavy atom. The highest BCUT2D eigenvalue weighted by atomic mass is 16.1. The summed E-state index contributed by atoms with van der Waals surface area (Å²) in [6.45, 7) is 3.90. The molecule has 2 nitrogen and oxygen atoms in total. The smallest absolute Gasteiger partial charge is 0.119 e. The number of nitrogens with one attached hydrogen (secondary N) is 1. The van der Waals surface area contributed by atoms with E-state index in [1.54, 1.807) is 0 Å². The molecule has 0 saturated carbocycles. The standard InChI is InChI=1S/C8H11N.C3H6O/c1-7-3-5-8(9-2)6-4-7;1-2-3-4/h3-6,9H,1-2H3;3H,2H2,1H3. The largest absolute Gasteiger partial charge is 0.388 e. The first-order valence-corrected chi connectivity index (χ1v) is 4.42. The van der Waals surface area contributed by atoms with Crippen molar-refractivity contribution in [3.8, 4) is 0 Å². The molecule has 0 radical (unpaired) electrons. The van der Waals surface area contributed by atoms with E-state index in [0.717, 1.165) is 6.29 Å². The maximum atomic E-state index is 9.17. The number of rotatable bonds is 2. The molecule has 13 heavy (non-hydrogen) atoms. The van der Waals surface area contributed by atoms with Gasteiger partial charge in [0.1, 0.15) is 6.29 Å². The van der Waals surface area contributed by atoms with E-state index in [9.17, 15) is 4.79 Å². The van der Waals surface area contributed by atoms with Crippen molar-refractivity contribution in [2.75, 3.05) is 12.4 Å². The van der Waals surface area contributed by atoms with Gasteiger partial charge >= 0.3 is 0 Å². The molecule has 0 bridgehead atoms. The van der Waals surface area contributed by atoms with Gasteiger partial charge in [0.2, 0.25) is 0 Å². The second-order valence-corrected chi connectivity index (χ2v) is 2.69. The number of aryl methyl sites for hydroxylation is 1. The molecule has 72 valence electrons. The lowest BCUT2D eigenvalue weighted by Gasteiger charge is -1.97. The second kappa shape index (κ2) is 7.35. The summed E-state index contributed by atoms with van der Waals surface area (Å²) in [5.41, 5.74) is 2.47. The van der Waals surface area contributed by atoms with Crippen LogP contribution < -0.4 is 5.32 Å². The van der Waals surface area contributed by atoms with Crippen molar-refractivity contribution < 1.29 is 4.79 Å². The highest BCUT2D eigenvalue weighted by molar-refractivity contribution is 5.48. The van der Waals surface area contributed by atoms with E-state index < -0.39 is 0 Å². The van der Waals surface area contributed by atoms with Gasteiger partial charge in [-0.15, -0.1) is 0 Å². The van der Waals surface area contributed by atoms with E-state index in [0.29, 0.717) is 6.42 Å². The van der Waals surface area contributed by atoms with E-state index >= 15 is 0 Å². The Morgan fingerprint density at radius 2 is 1.77 bits per heavy atom. The second-order valence-electron chi connectivity index (χ2n) is 2.69. The molecule has 0 aliphatic rings. The van der Waals surface area contributed by atoms with Crippen LogP contribution in [0.4, 0.5) is 5.69 Å². The van der Waals surface area contributed by atoms with Crippen LogP contribution in [0, 0.1) is 6.92 Å². The molecule has 0 heterocycles. The molecule has 0 amide bonds. The van der Waals surface area contributed by atoms with Gasteiger partial charge in [0, 0.05) is 19.2 Å². The Bertz CT molecular complexity index is 228. The minimum Gasteiger partial charge on any atom is -0.388 e. The molecule has 0 aromatic heterocycles. The van der Waals surface area contributed by atoms with E-state index in [4.69, 9.17) is 0 Å². The molecule has 0 fully saturated rings. The SMILES string of the molecule is CCC=O.CNc1ccc(C)cc1. The Kier molecular flexibility index (Phi) is 6.60. The first-order chi connectivity index (χ1) is 6.24. The molecule has 0 atom stereocenters. The summed E-state index contributed by atoms with van der Waals surface area (Å²) in [6, 6.07) is 8.31. The average molecular weight is 179 g/mol. The van der Waals surface area contributed by atoms with Crippen LogP contribution in [0.15, 0.2) is 24.3 Å². The fourth-order valence-corrected chi connectivity index (χ4v) is 0.720. The quantitative estimate of drug-likeness (QED) is 0.707. The lowest BCUT2D eigenvalue weighted by atomic mass is 10.2. The van der Waals surface area contributed by atoms with Gasteiger partial charge in [-0.05, 0) is 19.1 Å². The highest BCUT2D eigenvalue weighted by Crippen LogP contribution is 2.06. The van der Waals surface area contributed by atoms with Crippen molar-refractivity contribution in [1.29, 1.82) is 0 Å². The lowest BCUT2D eigenvalue weighted by molar-refractivity contribution is -0.107. The minimum absolute atomic E-state index is 0.639. The van der Waals surface area contributed by atoms with Crippen molar-refractivity contribution in [2.24, 2.45) is 0 Å². The Balaban J connectivity index is 0.000000310. The molecule has 1 aromatic rings. The monoisotopic (exact) mass is 179 g/mol. The summed E-state index contributed by atoms with van der Waals surface area (Å²) in [6.07, 6.45) is 1.51. The molecule has 1 aromatic carbocycles. The van der Waals surface area contributed by atoms with Crippen LogP contribution in [0.3, 0.4) is 0 Å². The van der Waals surface area contributed by atoms with E-state index in [2.05, 4.69) is 36.5 Å². The first-order valence-electron chi connectivity index (χ1n) is 4.42. The number of anilines is 1. The Morgan fingerprint density at radius 3 is 2.08 bits per heavy atom. The molecule has 0 spiro atoms. The van der Waals surface area contributed by atoms with Gasteiger partial charge in [-0.1, -0.05) is 24.6 Å². The topological polar surface area (TPSA) is 29.1 Å². The fraction of sp³-hybridized carbons (Fsp3) is 0.364. The van der Waals surface area contributed by atoms with Crippen LogP contribution in [0.5, 0.6) is 0 Å². The van der Waals surface area contributed by atoms with Crippen LogP contribution in [0.2, 0.25) is 0 Å². The maximum absolute atomic E-state index is 9.17. The van der Waals surface area contributed by atoms with Gasteiger partial charge in [-0.2, -0.15) is 0 Å². The number of aldehydes is 1. The maximum Gasteiger partial charge on any atom is 0.119 e. The molecule has 1 N–H and O–H groups in total. The molecule has 2 heteroatoms. The van der Waals surface area contributed by atoms with Crippen LogP contribution in [-0.4, -0.2) is 13.3 Å². The molecule has 1 rings (SSSR count). The molecule has 0 unspecified atom stereocenters. The van der Waals surface area contributed by atoms with E-state index in [-0.39, 0.29) is 0 Å². The third-order valence-corrected chi connectivity index (χ3v) is 1.51. The lowest BCUT2D eigenvalue weighted by Crippen LogP contribution is -1.85. The number of carbonyl (C=O) groups excluding carboxylic acids is 1. The molecule has 0 aliphatic heterocycles. The van der Waals surface area contributed by atoms with E-state index in [1.807, 2.05) is 14.0 Å². The number of hydrogen-bond donors (Lipinski definition) is 1.